The minimum Gasteiger partial charge on any atom is -0.384 e. The highest BCUT2D eigenvalue weighted by molar-refractivity contribution is 7.99. The molecule has 0 bridgehead atoms. The van der Waals surface area contributed by atoms with Gasteiger partial charge >= 0.3 is 0 Å². The molecule has 2 aromatic heterocycles. The summed E-state index contributed by atoms with van der Waals surface area (Å²) in [5.74, 6) is 1.84. The van der Waals surface area contributed by atoms with Gasteiger partial charge in [-0.25, -0.2) is 9.97 Å². The standard InChI is InChI=1S/C13H19N5OS/c1-4-5-6-11-17-12(19-18-11)9(3)20-13-15-8(2)7-10(14)16-13/h7,9H,4-6H2,1-3H3,(H2,14,15,16). The van der Waals surface area contributed by atoms with Crippen molar-refractivity contribution in [1.82, 2.24) is 20.1 Å². The van der Waals surface area contributed by atoms with Gasteiger partial charge in [-0.05, 0) is 20.3 Å². The van der Waals surface area contributed by atoms with Crippen LogP contribution in [-0.4, -0.2) is 20.1 Å². The average Bonchev–Trinajstić information content (AvgIpc) is 2.83. The van der Waals surface area contributed by atoms with E-state index in [2.05, 4.69) is 27.0 Å². The molecule has 0 amide bonds. The summed E-state index contributed by atoms with van der Waals surface area (Å²) in [5, 5.41) is 4.61. The van der Waals surface area contributed by atoms with Crippen LogP contribution in [0.3, 0.4) is 0 Å². The van der Waals surface area contributed by atoms with E-state index < -0.39 is 0 Å². The van der Waals surface area contributed by atoms with E-state index >= 15 is 0 Å². The molecule has 0 saturated heterocycles. The maximum atomic E-state index is 5.72. The Labute approximate surface area is 122 Å². The minimum atomic E-state index is -0.000855. The molecule has 7 heteroatoms. The second kappa shape index (κ2) is 6.69. The van der Waals surface area contributed by atoms with Crippen LogP contribution < -0.4 is 5.73 Å². The highest BCUT2D eigenvalue weighted by atomic mass is 32.2. The molecule has 0 aromatic carbocycles. The van der Waals surface area contributed by atoms with Crippen LogP contribution >= 0.6 is 11.8 Å². The number of unbranched alkanes of at least 4 members (excludes halogenated alkanes) is 1. The van der Waals surface area contributed by atoms with Crippen molar-refractivity contribution in [1.29, 1.82) is 0 Å². The predicted molar refractivity (Wildman–Crippen MR) is 78.4 cm³/mol. The van der Waals surface area contributed by atoms with Gasteiger partial charge in [0.15, 0.2) is 11.0 Å². The van der Waals surface area contributed by atoms with Crippen LogP contribution in [0.5, 0.6) is 0 Å². The second-order valence-electron chi connectivity index (χ2n) is 4.63. The smallest absolute Gasteiger partial charge is 0.239 e. The molecule has 6 nitrogen and oxygen atoms in total. The van der Waals surface area contributed by atoms with E-state index in [1.165, 1.54) is 11.8 Å². The summed E-state index contributed by atoms with van der Waals surface area (Å²) in [6.07, 6.45) is 3.04. The van der Waals surface area contributed by atoms with Gasteiger partial charge in [-0.15, -0.1) is 0 Å². The molecule has 0 fully saturated rings. The molecule has 0 aliphatic carbocycles. The maximum Gasteiger partial charge on any atom is 0.239 e. The van der Waals surface area contributed by atoms with Gasteiger partial charge < -0.3 is 10.3 Å². The minimum absolute atomic E-state index is 0.000855. The van der Waals surface area contributed by atoms with Crippen molar-refractivity contribution < 1.29 is 4.52 Å². The number of nitrogen functional groups attached to an aromatic ring is 1. The first-order valence-corrected chi connectivity index (χ1v) is 7.56. The molecule has 0 saturated carbocycles. The van der Waals surface area contributed by atoms with Gasteiger partial charge in [0.1, 0.15) is 5.82 Å². The van der Waals surface area contributed by atoms with E-state index in [9.17, 15) is 0 Å². The normalized spacial score (nSPS) is 12.6. The van der Waals surface area contributed by atoms with Gasteiger partial charge in [0.05, 0.1) is 5.25 Å². The zero-order valence-corrected chi connectivity index (χ0v) is 12.8. The number of thioether (sulfide) groups is 1. The fourth-order valence-electron chi connectivity index (χ4n) is 1.70. The van der Waals surface area contributed by atoms with Gasteiger partial charge in [0.2, 0.25) is 5.89 Å². The van der Waals surface area contributed by atoms with Crippen LogP contribution in [-0.2, 0) is 6.42 Å². The fourth-order valence-corrected chi connectivity index (χ4v) is 2.56. The Morgan fingerprint density at radius 1 is 1.35 bits per heavy atom. The van der Waals surface area contributed by atoms with Crippen LogP contribution in [0, 0.1) is 6.92 Å². The summed E-state index contributed by atoms with van der Waals surface area (Å²) in [7, 11) is 0. The van der Waals surface area contributed by atoms with Gasteiger partial charge in [0.25, 0.3) is 0 Å². The Hall–Kier alpha value is -1.63. The Kier molecular flexibility index (Phi) is 4.94. The van der Waals surface area contributed by atoms with E-state index in [1.54, 1.807) is 6.07 Å². The number of nitrogens with zero attached hydrogens (tertiary/aromatic N) is 4. The first-order chi connectivity index (χ1) is 9.58. The molecule has 108 valence electrons. The molecule has 2 N–H and O–H groups in total. The van der Waals surface area contributed by atoms with Crippen molar-refractivity contribution in [2.45, 2.75) is 50.4 Å². The lowest BCUT2D eigenvalue weighted by molar-refractivity contribution is 0.374. The number of hydrogen-bond donors (Lipinski definition) is 1. The Morgan fingerprint density at radius 3 is 2.85 bits per heavy atom. The van der Waals surface area contributed by atoms with Crippen molar-refractivity contribution in [3.05, 3.63) is 23.5 Å². The third-order valence-corrected chi connectivity index (χ3v) is 3.67. The molecule has 2 aromatic rings. The predicted octanol–water partition coefficient (Wildman–Crippen LogP) is 2.95. The molecule has 1 atom stereocenters. The van der Waals surface area contributed by atoms with Crippen LogP contribution in [0.25, 0.3) is 0 Å². The molecule has 0 spiro atoms. The van der Waals surface area contributed by atoms with E-state index in [-0.39, 0.29) is 5.25 Å². The third kappa shape index (κ3) is 3.93. The number of rotatable bonds is 6. The van der Waals surface area contributed by atoms with Crippen LogP contribution in [0.4, 0.5) is 5.82 Å². The van der Waals surface area contributed by atoms with E-state index in [1.807, 2.05) is 13.8 Å². The number of hydrogen-bond acceptors (Lipinski definition) is 7. The van der Waals surface area contributed by atoms with Gasteiger partial charge in [0, 0.05) is 18.2 Å². The van der Waals surface area contributed by atoms with Crippen molar-refractivity contribution in [3.63, 3.8) is 0 Å². The fraction of sp³-hybridized carbons (Fsp3) is 0.538. The third-order valence-electron chi connectivity index (χ3n) is 2.72. The summed E-state index contributed by atoms with van der Waals surface area (Å²) in [4.78, 5) is 12.9. The first-order valence-electron chi connectivity index (χ1n) is 6.68. The Balaban J connectivity index is 2.03. The van der Waals surface area contributed by atoms with E-state index in [0.717, 1.165) is 30.8 Å². The summed E-state index contributed by atoms with van der Waals surface area (Å²) in [5.41, 5.74) is 6.57. The van der Waals surface area contributed by atoms with Crippen molar-refractivity contribution >= 4 is 17.6 Å². The number of aryl methyl sites for hydroxylation is 2. The number of aromatic nitrogens is 4. The van der Waals surface area contributed by atoms with Crippen molar-refractivity contribution in [2.24, 2.45) is 0 Å². The maximum absolute atomic E-state index is 5.72. The average molecular weight is 293 g/mol. The first kappa shape index (κ1) is 14.8. The Bertz CT molecular complexity index is 551. The molecule has 0 aliphatic heterocycles. The van der Waals surface area contributed by atoms with Crippen LogP contribution in [0.15, 0.2) is 15.7 Å². The van der Waals surface area contributed by atoms with Gasteiger partial charge in [-0.1, -0.05) is 30.3 Å². The molecule has 1 unspecified atom stereocenters. The lowest BCUT2D eigenvalue weighted by Crippen LogP contribution is -1.98. The second-order valence-corrected chi connectivity index (χ2v) is 5.94. The van der Waals surface area contributed by atoms with Gasteiger partial charge in [-0.2, -0.15) is 4.98 Å². The summed E-state index contributed by atoms with van der Waals surface area (Å²) in [6.45, 7) is 6.02. The van der Waals surface area contributed by atoms with Crippen molar-refractivity contribution in [3.8, 4) is 0 Å². The van der Waals surface area contributed by atoms with Crippen LogP contribution in [0.1, 0.15) is 49.3 Å². The summed E-state index contributed by atoms with van der Waals surface area (Å²) in [6, 6.07) is 1.74. The van der Waals surface area contributed by atoms with E-state index in [0.29, 0.717) is 16.9 Å². The molecular formula is C13H19N5OS. The summed E-state index contributed by atoms with van der Waals surface area (Å²) < 4.78 is 5.29. The summed E-state index contributed by atoms with van der Waals surface area (Å²) >= 11 is 1.46. The Morgan fingerprint density at radius 2 is 2.15 bits per heavy atom. The zero-order valence-electron chi connectivity index (χ0n) is 12.0. The molecule has 0 aliphatic rings. The quantitative estimate of drug-likeness (QED) is 0.646. The molecular weight excluding hydrogens is 274 g/mol. The monoisotopic (exact) mass is 293 g/mol. The zero-order chi connectivity index (χ0) is 14.5. The largest absolute Gasteiger partial charge is 0.384 e. The number of anilines is 1. The topological polar surface area (TPSA) is 90.7 Å². The molecule has 2 heterocycles. The van der Waals surface area contributed by atoms with Crippen LogP contribution in [0.2, 0.25) is 0 Å². The van der Waals surface area contributed by atoms with E-state index in [4.69, 9.17) is 10.3 Å². The number of nitrogens with two attached hydrogens (primary N) is 1. The molecule has 0 radical (unpaired) electrons. The highest BCUT2D eigenvalue weighted by Crippen LogP contribution is 2.32. The van der Waals surface area contributed by atoms with Crippen molar-refractivity contribution in [2.75, 3.05) is 5.73 Å². The van der Waals surface area contributed by atoms with Gasteiger partial charge in [-0.3, -0.25) is 0 Å². The molecule has 20 heavy (non-hydrogen) atoms. The highest BCUT2D eigenvalue weighted by Gasteiger charge is 2.17. The SMILES string of the molecule is CCCCc1noc(C(C)Sc2nc(C)cc(N)n2)n1. The molecule has 2 rings (SSSR count). The lowest BCUT2D eigenvalue weighted by atomic mass is 10.2. The lowest BCUT2D eigenvalue weighted by Gasteiger charge is -2.06.